The Kier molecular flexibility index (Phi) is 4.56. The molecule has 0 atom stereocenters. The van der Waals surface area contributed by atoms with Crippen molar-refractivity contribution in [2.45, 2.75) is 20.8 Å². The molecule has 0 radical (unpaired) electrons. The molecule has 0 bridgehead atoms. The molecule has 2 aromatic rings. The minimum absolute atomic E-state index is 0.0856. The zero-order chi connectivity index (χ0) is 16.3. The molecule has 0 aliphatic rings. The summed E-state index contributed by atoms with van der Waals surface area (Å²) in [6, 6.07) is 6.69. The van der Waals surface area contributed by atoms with Crippen molar-refractivity contribution in [1.29, 1.82) is 0 Å². The maximum atomic E-state index is 12.3. The van der Waals surface area contributed by atoms with Crippen molar-refractivity contribution in [2.24, 2.45) is 0 Å². The van der Waals surface area contributed by atoms with Gasteiger partial charge in [-0.3, -0.25) is 14.4 Å². The molecule has 2 rings (SSSR count). The zero-order valence-corrected chi connectivity index (χ0v) is 12.7. The number of nitrogens with one attached hydrogen (secondary N) is 1. The number of carbonyl (C=O) groups is 3. The Morgan fingerprint density at radius 3 is 2.50 bits per heavy atom. The molecule has 1 aromatic carbocycles. The number of hydrogen-bond donors (Lipinski definition) is 1. The fourth-order valence-electron chi connectivity index (χ4n) is 2.48. The Labute approximate surface area is 128 Å². The van der Waals surface area contributed by atoms with E-state index in [1.165, 1.54) is 6.92 Å². The summed E-state index contributed by atoms with van der Waals surface area (Å²) in [6.07, 6.45) is 0.678. The van der Waals surface area contributed by atoms with E-state index in [0.29, 0.717) is 40.1 Å². The van der Waals surface area contributed by atoms with Gasteiger partial charge in [0.05, 0.1) is 11.3 Å². The van der Waals surface area contributed by atoms with E-state index in [4.69, 9.17) is 4.74 Å². The molecule has 0 aliphatic carbocycles. The van der Waals surface area contributed by atoms with Gasteiger partial charge in [-0.1, -0.05) is 12.1 Å². The van der Waals surface area contributed by atoms with Crippen LogP contribution in [0, 0.1) is 13.8 Å². The molecule has 0 amide bonds. The summed E-state index contributed by atoms with van der Waals surface area (Å²) in [7, 11) is 0. The van der Waals surface area contributed by atoms with Gasteiger partial charge in [0.1, 0.15) is 5.75 Å². The lowest BCUT2D eigenvalue weighted by Gasteiger charge is -2.07. The van der Waals surface area contributed by atoms with Crippen LogP contribution in [-0.2, 0) is 0 Å². The average Bonchev–Trinajstić information content (AvgIpc) is 2.80. The molecule has 5 nitrogen and oxygen atoms in total. The zero-order valence-electron chi connectivity index (χ0n) is 12.7. The SMILES string of the molecule is CC(=O)c1c(C)[nH]c(C(=O)COc2ccccc2C=O)c1C. The summed E-state index contributed by atoms with van der Waals surface area (Å²) in [6.45, 7) is 4.74. The van der Waals surface area contributed by atoms with Gasteiger partial charge in [0.2, 0.25) is 5.78 Å². The number of aryl methyl sites for hydroxylation is 1. The molecule has 0 fully saturated rings. The monoisotopic (exact) mass is 299 g/mol. The predicted octanol–water partition coefficient (Wildman–Crippen LogP) is 2.91. The Morgan fingerprint density at radius 2 is 1.91 bits per heavy atom. The molecule has 0 aliphatic heterocycles. The molecule has 22 heavy (non-hydrogen) atoms. The highest BCUT2D eigenvalue weighted by Crippen LogP contribution is 2.20. The lowest BCUT2D eigenvalue weighted by Crippen LogP contribution is -2.14. The largest absolute Gasteiger partial charge is 0.485 e. The third kappa shape index (κ3) is 2.98. The highest BCUT2D eigenvalue weighted by atomic mass is 16.5. The van der Waals surface area contributed by atoms with Gasteiger partial charge in [0, 0.05) is 11.3 Å². The van der Waals surface area contributed by atoms with Crippen LogP contribution in [-0.4, -0.2) is 29.4 Å². The summed E-state index contributed by atoms with van der Waals surface area (Å²) in [5.74, 6) is 0.00453. The van der Waals surface area contributed by atoms with E-state index in [9.17, 15) is 14.4 Å². The topological polar surface area (TPSA) is 76.2 Å². The molecular formula is C17H17NO4. The molecule has 0 saturated heterocycles. The van der Waals surface area contributed by atoms with Crippen molar-refractivity contribution in [3.63, 3.8) is 0 Å². The van der Waals surface area contributed by atoms with Crippen LogP contribution in [0.2, 0.25) is 0 Å². The number of ketones is 2. The van der Waals surface area contributed by atoms with Crippen molar-refractivity contribution in [3.8, 4) is 5.75 Å². The van der Waals surface area contributed by atoms with Crippen LogP contribution in [0.25, 0.3) is 0 Å². The van der Waals surface area contributed by atoms with Crippen LogP contribution in [0.4, 0.5) is 0 Å². The third-order valence-corrected chi connectivity index (χ3v) is 3.47. The predicted molar refractivity (Wildman–Crippen MR) is 81.9 cm³/mol. The maximum Gasteiger partial charge on any atom is 0.216 e. The molecule has 1 N–H and O–H groups in total. The lowest BCUT2D eigenvalue weighted by atomic mass is 10.1. The van der Waals surface area contributed by atoms with E-state index < -0.39 is 0 Å². The molecule has 0 spiro atoms. The van der Waals surface area contributed by atoms with Crippen molar-refractivity contribution in [3.05, 3.63) is 52.3 Å². The first-order valence-electron chi connectivity index (χ1n) is 6.86. The number of aromatic nitrogens is 1. The van der Waals surface area contributed by atoms with E-state index in [1.54, 1.807) is 38.1 Å². The van der Waals surface area contributed by atoms with Crippen LogP contribution < -0.4 is 4.74 Å². The van der Waals surface area contributed by atoms with Gasteiger partial charge >= 0.3 is 0 Å². The van der Waals surface area contributed by atoms with E-state index in [1.807, 2.05) is 0 Å². The smallest absolute Gasteiger partial charge is 0.216 e. The first-order chi connectivity index (χ1) is 10.5. The normalized spacial score (nSPS) is 10.3. The maximum absolute atomic E-state index is 12.3. The summed E-state index contributed by atoms with van der Waals surface area (Å²) in [5, 5.41) is 0. The van der Waals surface area contributed by atoms with Crippen LogP contribution in [0.3, 0.4) is 0 Å². The van der Waals surface area contributed by atoms with Gasteiger partial charge in [0.15, 0.2) is 18.7 Å². The second kappa shape index (κ2) is 6.39. The van der Waals surface area contributed by atoms with Crippen LogP contribution in [0.5, 0.6) is 5.75 Å². The number of aromatic amines is 1. The Bertz CT molecular complexity index is 743. The summed E-state index contributed by atoms with van der Waals surface area (Å²) in [4.78, 5) is 37.7. The van der Waals surface area contributed by atoms with E-state index in [-0.39, 0.29) is 18.2 Å². The van der Waals surface area contributed by atoms with Gasteiger partial charge in [0.25, 0.3) is 0 Å². The average molecular weight is 299 g/mol. The van der Waals surface area contributed by atoms with Gasteiger partial charge in [-0.15, -0.1) is 0 Å². The second-order valence-corrected chi connectivity index (χ2v) is 5.05. The Balaban J connectivity index is 2.18. The summed E-state index contributed by atoms with van der Waals surface area (Å²) < 4.78 is 5.42. The molecular weight excluding hydrogens is 282 g/mol. The number of para-hydroxylation sites is 1. The quantitative estimate of drug-likeness (QED) is 0.657. The van der Waals surface area contributed by atoms with Crippen LogP contribution >= 0.6 is 0 Å². The highest BCUT2D eigenvalue weighted by molar-refractivity contribution is 6.03. The van der Waals surface area contributed by atoms with Crippen molar-refractivity contribution >= 4 is 17.9 Å². The molecule has 0 saturated carbocycles. The van der Waals surface area contributed by atoms with Crippen molar-refractivity contribution in [1.82, 2.24) is 4.98 Å². The fraction of sp³-hybridized carbons (Fsp3) is 0.235. The molecule has 1 heterocycles. The number of hydrogen-bond acceptors (Lipinski definition) is 4. The summed E-state index contributed by atoms with van der Waals surface area (Å²) in [5.41, 5.74) is 2.59. The van der Waals surface area contributed by atoms with E-state index >= 15 is 0 Å². The molecule has 114 valence electrons. The van der Waals surface area contributed by atoms with Crippen LogP contribution in [0.1, 0.15) is 49.4 Å². The number of carbonyl (C=O) groups excluding carboxylic acids is 3. The Morgan fingerprint density at radius 1 is 1.23 bits per heavy atom. The minimum Gasteiger partial charge on any atom is -0.485 e. The van der Waals surface area contributed by atoms with Gasteiger partial charge < -0.3 is 9.72 Å². The van der Waals surface area contributed by atoms with Crippen molar-refractivity contribution in [2.75, 3.05) is 6.61 Å². The summed E-state index contributed by atoms with van der Waals surface area (Å²) >= 11 is 0. The third-order valence-electron chi connectivity index (χ3n) is 3.47. The minimum atomic E-state index is -0.270. The van der Waals surface area contributed by atoms with Gasteiger partial charge in [-0.25, -0.2) is 0 Å². The first kappa shape index (κ1) is 15.7. The van der Waals surface area contributed by atoms with E-state index in [2.05, 4.69) is 4.98 Å². The standard InChI is InChI=1S/C17H17NO4/c1-10-16(12(3)20)11(2)18-17(10)14(21)9-22-15-7-5-4-6-13(15)8-19/h4-8,18H,9H2,1-3H3. The fourth-order valence-corrected chi connectivity index (χ4v) is 2.48. The lowest BCUT2D eigenvalue weighted by molar-refractivity contribution is 0.0913. The Hall–Kier alpha value is -2.69. The number of aldehydes is 1. The number of Topliss-reactive ketones (excluding diaryl/α,β-unsaturated/α-hetero) is 2. The number of H-pyrrole nitrogens is 1. The van der Waals surface area contributed by atoms with Crippen LogP contribution in [0.15, 0.2) is 24.3 Å². The van der Waals surface area contributed by atoms with E-state index in [0.717, 1.165) is 0 Å². The number of ether oxygens (including phenoxy) is 1. The van der Waals surface area contributed by atoms with Crippen molar-refractivity contribution < 1.29 is 19.1 Å². The van der Waals surface area contributed by atoms with Gasteiger partial charge in [-0.2, -0.15) is 0 Å². The van der Waals surface area contributed by atoms with Gasteiger partial charge in [-0.05, 0) is 38.5 Å². The number of benzene rings is 1. The molecule has 0 unspecified atom stereocenters. The first-order valence-corrected chi connectivity index (χ1v) is 6.86. The number of rotatable bonds is 6. The molecule has 5 heteroatoms. The molecule has 1 aromatic heterocycles. The second-order valence-electron chi connectivity index (χ2n) is 5.05. The highest BCUT2D eigenvalue weighted by Gasteiger charge is 2.20.